The second-order valence-corrected chi connectivity index (χ2v) is 6.32. The highest BCUT2D eigenvalue weighted by atomic mass is 16.5. The maximum Gasteiger partial charge on any atom is 0.206 e. The fourth-order valence-corrected chi connectivity index (χ4v) is 3.17. The molecule has 3 rings (SSSR count). The first-order valence-corrected chi connectivity index (χ1v) is 8.92. The minimum absolute atomic E-state index is 0.468. The van der Waals surface area contributed by atoms with Crippen molar-refractivity contribution in [2.24, 2.45) is 0 Å². The van der Waals surface area contributed by atoms with Crippen LogP contribution >= 0.6 is 0 Å². The Hall–Kier alpha value is -3.20. The van der Waals surface area contributed by atoms with Crippen molar-refractivity contribution in [2.75, 3.05) is 32.7 Å². The molecule has 0 N–H and O–H groups in total. The number of hydrogen-bond donors (Lipinski definition) is 0. The smallest absolute Gasteiger partial charge is 0.206 e. The second kappa shape index (κ2) is 8.45. The third kappa shape index (κ3) is 3.98. The summed E-state index contributed by atoms with van der Waals surface area (Å²) in [6.07, 6.45) is 1.30. The van der Waals surface area contributed by atoms with Gasteiger partial charge in [-0.25, -0.2) is 4.98 Å². The van der Waals surface area contributed by atoms with Crippen LogP contribution in [0.15, 0.2) is 42.5 Å². The van der Waals surface area contributed by atoms with Gasteiger partial charge in [0.1, 0.15) is 0 Å². The van der Waals surface area contributed by atoms with Gasteiger partial charge in [0.2, 0.25) is 5.95 Å². The van der Waals surface area contributed by atoms with Gasteiger partial charge in [0, 0.05) is 20.1 Å². The Morgan fingerprint density at radius 2 is 1.89 bits per heavy atom. The fourth-order valence-electron chi connectivity index (χ4n) is 3.17. The van der Waals surface area contributed by atoms with E-state index in [1.54, 1.807) is 14.2 Å². The molecule has 0 saturated heterocycles. The minimum Gasteiger partial charge on any atom is -0.493 e. The molecule has 0 spiro atoms. The zero-order valence-corrected chi connectivity index (χ0v) is 16.0. The summed E-state index contributed by atoms with van der Waals surface area (Å²) < 4.78 is 12.9. The average molecular weight is 364 g/mol. The maximum atomic E-state index is 8.89. The maximum absolute atomic E-state index is 8.89. The molecule has 1 heterocycles. The molecule has 6 nitrogen and oxygen atoms in total. The number of rotatable bonds is 8. The van der Waals surface area contributed by atoms with Gasteiger partial charge >= 0.3 is 0 Å². The van der Waals surface area contributed by atoms with Gasteiger partial charge < -0.3 is 18.9 Å². The van der Waals surface area contributed by atoms with Gasteiger partial charge in [0.15, 0.2) is 11.5 Å². The van der Waals surface area contributed by atoms with Crippen molar-refractivity contribution in [1.29, 1.82) is 5.26 Å². The Labute approximate surface area is 159 Å². The van der Waals surface area contributed by atoms with Gasteiger partial charge in [0.05, 0.1) is 37.7 Å². The van der Waals surface area contributed by atoms with Gasteiger partial charge in [0.25, 0.3) is 0 Å². The van der Waals surface area contributed by atoms with E-state index in [2.05, 4.69) is 22.8 Å². The molecular weight excluding hydrogens is 340 g/mol. The molecule has 0 aliphatic rings. The molecule has 0 radical (unpaired) electrons. The van der Waals surface area contributed by atoms with Crippen LogP contribution in [0.3, 0.4) is 0 Å². The van der Waals surface area contributed by atoms with E-state index in [4.69, 9.17) is 19.7 Å². The van der Waals surface area contributed by atoms with E-state index in [0.29, 0.717) is 13.0 Å². The van der Waals surface area contributed by atoms with Crippen molar-refractivity contribution in [3.8, 4) is 17.6 Å². The lowest BCUT2D eigenvalue weighted by molar-refractivity contribution is 0.354. The second-order valence-electron chi connectivity index (χ2n) is 6.32. The highest BCUT2D eigenvalue weighted by molar-refractivity contribution is 5.78. The molecule has 0 fully saturated rings. The fraction of sp³-hybridized carbons (Fsp3) is 0.333. The SMILES string of the molecule is COc1ccc(CCn2c(N(C)CCC#N)nc3ccccc32)cc1OC. The summed E-state index contributed by atoms with van der Waals surface area (Å²) in [6.45, 7) is 1.43. The molecular formula is C21H24N4O2. The molecule has 2 aromatic carbocycles. The Bertz CT molecular complexity index is 958. The normalized spacial score (nSPS) is 10.6. The highest BCUT2D eigenvalue weighted by Crippen LogP contribution is 2.28. The van der Waals surface area contributed by atoms with E-state index >= 15 is 0 Å². The van der Waals surface area contributed by atoms with Crippen molar-refractivity contribution >= 4 is 17.0 Å². The Morgan fingerprint density at radius 3 is 2.63 bits per heavy atom. The quantitative estimate of drug-likeness (QED) is 0.610. The Balaban J connectivity index is 1.88. The number of benzene rings is 2. The minimum atomic E-state index is 0.468. The van der Waals surface area contributed by atoms with Gasteiger partial charge in [-0.2, -0.15) is 5.26 Å². The molecule has 0 aliphatic heterocycles. The third-order valence-electron chi connectivity index (χ3n) is 4.61. The zero-order valence-electron chi connectivity index (χ0n) is 16.0. The van der Waals surface area contributed by atoms with E-state index in [1.165, 1.54) is 0 Å². The topological polar surface area (TPSA) is 63.3 Å². The molecule has 1 aromatic heterocycles. The van der Waals surface area contributed by atoms with Crippen LogP contribution in [0.2, 0.25) is 0 Å². The van der Waals surface area contributed by atoms with Crippen LogP contribution in [0.4, 0.5) is 5.95 Å². The summed E-state index contributed by atoms with van der Waals surface area (Å²) in [6, 6.07) is 16.3. The molecule has 0 atom stereocenters. The van der Waals surface area contributed by atoms with Crippen molar-refractivity contribution in [2.45, 2.75) is 19.4 Å². The van der Waals surface area contributed by atoms with E-state index in [1.807, 2.05) is 42.3 Å². The van der Waals surface area contributed by atoms with E-state index < -0.39 is 0 Å². The molecule has 3 aromatic rings. The number of hydrogen-bond acceptors (Lipinski definition) is 5. The van der Waals surface area contributed by atoms with Gasteiger partial charge in [-0.15, -0.1) is 0 Å². The summed E-state index contributed by atoms with van der Waals surface area (Å²) in [5.41, 5.74) is 3.22. The first-order valence-electron chi connectivity index (χ1n) is 8.92. The van der Waals surface area contributed by atoms with E-state index in [-0.39, 0.29) is 0 Å². The van der Waals surface area contributed by atoms with E-state index in [9.17, 15) is 0 Å². The highest BCUT2D eigenvalue weighted by Gasteiger charge is 2.14. The summed E-state index contributed by atoms with van der Waals surface area (Å²) in [5, 5.41) is 8.89. The molecule has 0 saturated carbocycles. The zero-order chi connectivity index (χ0) is 19.2. The lowest BCUT2D eigenvalue weighted by Crippen LogP contribution is -2.22. The summed E-state index contributed by atoms with van der Waals surface area (Å²) in [4.78, 5) is 6.81. The van der Waals surface area contributed by atoms with Crippen LogP contribution in [-0.2, 0) is 13.0 Å². The standard InChI is InChI=1S/C21H24N4O2/c1-24(13-6-12-22)21-23-17-7-4-5-8-18(17)25(21)14-11-16-9-10-19(26-2)20(15-16)27-3/h4-5,7-10,15H,6,11,13-14H2,1-3H3. The number of methoxy groups -OCH3 is 2. The average Bonchev–Trinajstić information content (AvgIpc) is 3.08. The van der Waals surface area contributed by atoms with Crippen molar-refractivity contribution in [3.63, 3.8) is 0 Å². The van der Waals surface area contributed by atoms with Gasteiger partial charge in [-0.1, -0.05) is 18.2 Å². The van der Waals surface area contributed by atoms with Crippen LogP contribution in [0.25, 0.3) is 11.0 Å². The first-order chi connectivity index (χ1) is 13.2. The molecule has 0 unspecified atom stereocenters. The largest absolute Gasteiger partial charge is 0.493 e. The number of aryl methyl sites for hydroxylation is 2. The van der Waals surface area contributed by atoms with Crippen LogP contribution in [0, 0.1) is 11.3 Å². The molecule has 6 heteroatoms. The van der Waals surface area contributed by atoms with Crippen LogP contribution in [0.1, 0.15) is 12.0 Å². The van der Waals surface area contributed by atoms with E-state index in [0.717, 1.165) is 47.0 Å². The van der Waals surface area contributed by atoms with Crippen molar-refractivity contribution < 1.29 is 9.47 Å². The number of aromatic nitrogens is 2. The monoisotopic (exact) mass is 364 g/mol. The molecule has 27 heavy (non-hydrogen) atoms. The number of anilines is 1. The number of fused-ring (bicyclic) bond motifs is 1. The summed E-state index contributed by atoms with van der Waals surface area (Å²) in [7, 11) is 5.26. The van der Waals surface area contributed by atoms with Crippen LogP contribution in [-0.4, -0.2) is 37.4 Å². The molecule has 0 amide bonds. The number of imidazole rings is 1. The third-order valence-corrected chi connectivity index (χ3v) is 4.61. The van der Waals surface area contributed by atoms with Gasteiger partial charge in [-0.05, 0) is 36.2 Å². The lowest BCUT2D eigenvalue weighted by atomic mass is 10.1. The number of nitrogens with zero attached hydrogens (tertiary/aromatic N) is 4. The summed E-state index contributed by atoms with van der Waals surface area (Å²) in [5.74, 6) is 2.34. The number of nitriles is 1. The molecule has 0 aliphatic carbocycles. The number of ether oxygens (including phenoxy) is 2. The summed E-state index contributed by atoms with van der Waals surface area (Å²) >= 11 is 0. The lowest BCUT2D eigenvalue weighted by Gasteiger charge is -2.19. The Morgan fingerprint density at radius 1 is 1.11 bits per heavy atom. The van der Waals surface area contributed by atoms with Gasteiger partial charge in [-0.3, -0.25) is 0 Å². The van der Waals surface area contributed by atoms with Crippen molar-refractivity contribution in [3.05, 3.63) is 48.0 Å². The first kappa shape index (κ1) is 18.6. The van der Waals surface area contributed by atoms with Crippen LogP contribution in [0.5, 0.6) is 11.5 Å². The molecule has 0 bridgehead atoms. The van der Waals surface area contributed by atoms with Crippen molar-refractivity contribution in [1.82, 2.24) is 9.55 Å². The number of para-hydroxylation sites is 2. The Kier molecular flexibility index (Phi) is 5.82. The molecule has 140 valence electrons. The predicted molar refractivity (Wildman–Crippen MR) is 106 cm³/mol. The predicted octanol–water partition coefficient (Wildman–Crippen LogP) is 3.65. The van der Waals surface area contributed by atoms with Crippen LogP contribution < -0.4 is 14.4 Å².